The molecule has 1 saturated carbocycles. The number of aromatic nitrogens is 1. The van der Waals surface area contributed by atoms with Crippen LogP contribution in [0.2, 0.25) is 0 Å². The Kier molecular flexibility index (Phi) is 5.09. The largest absolute Gasteiger partial charge is 0.481 e. The number of carbonyl (C=O) groups is 1. The van der Waals surface area contributed by atoms with E-state index in [0.717, 1.165) is 18.7 Å². The number of rotatable bonds is 6. The summed E-state index contributed by atoms with van der Waals surface area (Å²) in [4.78, 5) is 19.1. The highest BCUT2D eigenvalue weighted by atomic mass is 16.5. The van der Waals surface area contributed by atoms with Gasteiger partial charge in [-0.25, -0.2) is 4.98 Å². The third-order valence-electron chi connectivity index (χ3n) is 5.54. The van der Waals surface area contributed by atoms with Crippen molar-refractivity contribution in [3.8, 4) is 5.88 Å². The van der Waals surface area contributed by atoms with Crippen LogP contribution in [0.3, 0.4) is 0 Å². The maximum atomic E-state index is 12.7. The quantitative estimate of drug-likeness (QED) is 0.817. The minimum absolute atomic E-state index is 0.00464. The second-order valence-electron chi connectivity index (χ2n) is 7.48. The molecule has 6 nitrogen and oxygen atoms in total. The maximum Gasteiger partial charge on any atom is 0.234 e. The number of carbonyl (C=O) groups excluding carboxylic acids is 1. The second kappa shape index (κ2) is 7.66. The zero-order chi connectivity index (χ0) is 18.8. The van der Waals surface area contributed by atoms with Gasteiger partial charge in [0.05, 0.1) is 25.8 Å². The normalized spacial score (nSPS) is 22.6. The molecule has 2 aromatic rings. The van der Waals surface area contributed by atoms with Crippen LogP contribution in [-0.4, -0.2) is 40.7 Å². The summed E-state index contributed by atoms with van der Waals surface area (Å²) in [7, 11) is 1.58. The Hall–Kier alpha value is -2.44. The van der Waals surface area contributed by atoms with Crippen molar-refractivity contribution in [3.05, 3.63) is 59.3 Å². The molecule has 0 radical (unpaired) electrons. The molecule has 0 saturated heterocycles. The van der Waals surface area contributed by atoms with Gasteiger partial charge in [-0.2, -0.15) is 0 Å². The summed E-state index contributed by atoms with van der Waals surface area (Å²) in [5.74, 6) is 0.784. The zero-order valence-electron chi connectivity index (χ0n) is 15.5. The molecule has 2 heterocycles. The Morgan fingerprint density at radius 3 is 2.52 bits per heavy atom. The first kappa shape index (κ1) is 17.9. The summed E-state index contributed by atoms with van der Waals surface area (Å²) in [5.41, 5.74) is 3.54. The van der Waals surface area contributed by atoms with Crippen LogP contribution in [0.15, 0.2) is 42.6 Å². The van der Waals surface area contributed by atoms with Crippen LogP contribution >= 0.6 is 0 Å². The molecule has 0 spiro atoms. The Balaban J connectivity index is 1.41. The van der Waals surface area contributed by atoms with E-state index >= 15 is 0 Å². The van der Waals surface area contributed by atoms with Gasteiger partial charge in [0, 0.05) is 25.4 Å². The number of fused-ring (bicyclic) bond motifs is 1. The van der Waals surface area contributed by atoms with E-state index in [-0.39, 0.29) is 24.0 Å². The Morgan fingerprint density at radius 1 is 1.26 bits per heavy atom. The minimum Gasteiger partial charge on any atom is -0.481 e. The highest BCUT2D eigenvalue weighted by molar-refractivity contribution is 5.78. The number of hydrogen-bond acceptors (Lipinski definition) is 5. The number of amides is 1. The van der Waals surface area contributed by atoms with Gasteiger partial charge in [-0.3, -0.25) is 9.69 Å². The lowest BCUT2D eigenvalue weighted by atomic mass is 9.75. The van der Waals surface area contributed by atoms with Crippen LogP contribution in [0, 0.1) is 5.92 Å². The summed E-state index contributed by atoms with van der Waals surface area (Å²) in [6.45, 7) is 1.98. The molecule has 4 rings (SSSR count). The van der Waals surface area contributed by atoms with Gasteiger partial charge in [-0.15, -0.1) is 0 Å². The third kappa shape index (κ3) is 3.96. The van der Waals surface area contributed by atoms with Gasteiger partial charge < -0.3 is 15.2 Å². The monoisotopic (exact) mass is 367 g/mol. The summed E-state index contributed by atoms with van der Waals surface area (Å²) in [6, 6.07) is 11.9. The molecule has 2 aliphatic rings. The third-order valence-corrected chi connectivity index (χ3v) is 5.54. The summed E-state index contributed by atoms with van der Waals surface area (Å²) in [5, 5.41) is 12.9. The van der Waals surface area contributed by atoms with Crippen LogP contribution in [0.25, 0.3) is 0 Å². The summed E-state index contributed by atoms with van der Waals surface area (Å²) in [6.07, 6.45) is 2.88. The molecule has 1 atom stereocenters. The highest BCUT2D eigenvalue weighted by Crippen LogP contribution is 2.38. The number of hydrogen-bond donors (Lipinski definition) is 2. The number of ether oxygens (including phenoxy) is 1. The second-order valence-corrected chi connectivity index (χ2v) is 7.48. The summed E-state index contributed by atoms with van der Waals surface area (Å²) < 4.78 is 5.12. The summed E-state index contributed by atoms with van der Waals surface area (Å²) >= 11 is 0. The molecule has 1 aromatic carbocycles. The molecular formula is C21H25N3O3. The van der Waals surface area contributed by atoms with Crippen molar-refractivity contribution in [1.29, 1.82) is 0 Å². The van der Waals surface area contributed by atoms with Crippen molar-refractivity contribution in [2.75, 3.05) is 13.7 Å². The topological polar surface area (TPSA) is 74.7 Å². The SMILES string of the molecule is COc1ccc([C@@H](NC(=O)CN2Cc3ccccc3C2)C2CC(O)C2)cn1. The van der Waals surface area contributed by atoms with Gasteiger partial charge in [0.2, 0.25) is 11.8 Å². The van der Waals surface area contributed by atoms with Crippen LogP contribution in [0.5, 0.6) is 5.88 Å². The van der Waals surface area contributed by atoms with E-state index in [9.17, 15) is 9.90 Å². The first-order chi connectivity index (χ1) is 13.1. The van der Waals surface area contributed by atoms with Crippen LogP contribution in [-0.2, 0) is 17.9 Å². The molecule has 27 heavy (non-hydrogen) atoms. The van der Waals surface area contributed by atoms with E-state index < -0.39 is 0 Å². The Labute approximate surface area is 159 Å². The van der Waals surface area contributed by atoms with Crippen molar-refractivity contribution in [2.24, 2.45) is 5.92 Å². The fourth-order valence-electron chi connectivity index (χ4n) is 4.01. The molecule has 1 aromatic heterocycles. The van der Waals surface area contributed by atoms with Gasteiger partial charge in [0.15, 0.2) is 0 Å². The first-order valence-corrected chi connectivity index (χ1v) is 9.39. The van der Waals surface area contributed by atoms with E-state index in [2.05, 4.69) is 27.3 Å². The number of pyridine rings is 1. The molecule has 1 fully saturated rings. The lowest BCUT2D eigenvalue weighted by Gasteiger charge is -2.38. The van der Waals surface area contributed by atoms with Gasteiger partial charge in [0.1, 0.15) is 0 Å². The van der Waals surface area contributed by atoms with E-state index in [1.165, 1.54) is 11.1 Å². The highest BCUT2D eigenvalue weighted by Gasteiger charge is 2.36. The molecule has 6 heteroatoms. The van der Waals surface area contributed by atoms with E-state index in [0.29, 0.717) is 25.3 Å². The van der Waals surface area contributed by atoms with Crippen molar-refractivity contribution in [2.45, 2.75) is 38.1 Å². The number of methoxy groups -OCH3 is 1. The number of nitrogens with zero attached hydrogens (tertiary/aromatic N) is 2. The minimum atomic E-state index is -0.270. The Morgan fingerprint density at radius 2 is 1.96 bits per heavy atom. The number of benzene rings is 1. The van der Waals surface area contributed by atoms with Crippen molar-refractivity contribution >= 4 is 5.91 Å². The molecule has 0 bridgehead atoms. The predicted octanol–water partition coefficient (Wildman–Crippen LogP) is 2.03. The molecule has 142 valence electrons. The molecule has 1 aliphatic carbocycles. The zero-order valence-corrected chi connectivity index (χ0v) is 15.5. The maximum absolute atomic E-state index is 12.7. The Bertz CT molecular complexity index is 778. The molecule has 1 aliphatic heterocycles. The van der Waals surface area contributed by atoms with Crippen LogP contribution in [0.1, 0.15) is 35.6 Å². The van der Waals surface area contributed by atoms with Gasteiger partial charge in [0.25, 0.3) is 0 Å². The predicted molar refractivity (Wildman–Crippen MR) is 101 cm³/mol. The molecule has 0 unspecified atom stereocenters. The van der Waals surface area contributed by atoms with E-state index in [1.54, 1.807) is 19.4 Å². The van der Waals surface area contributed by atoms with E-state index in [4.69, 9.17) is 4.74 Å². The van der Waals surface area contributed by atoms with Gasteiger partial charge in [-0.1, -0.05) is 30.3 Å². The fraction of sp³-hybridized carbons (Fsp3) is 0.429. The van der Waals surface area contributed by atoms with Gasteiger partial charge in [-0.05, 0) is 35.4 Å². The van der Waals surface area contributed by atoms with Crippen molar-refractivity contribution in [3.63, 3.8) is 0 Å². The van der Waals surface area contributed by atoms with Crippen LogP contribution in [0.4, 0.5) is 0 Å². The standard InChI is InChI=1S/C21H25N3O3/c1-27-20-7-6-14(10-22-20)21(17-8-18(25)9-17)23-19(26)13-24-11-15-4-2-3-5-16(15)12-24/h2-7,10,17-18,21,25H,8-9,11-13H2,1H3,(H,23,26)/t17?,18?,21-/m1/s1. The average molecular weight is 367 g/mol. The van der Waals surface area contributed by atoms with Crippen molar-refractivity contribution < 1.29 is 14.6 Å². The fourth-order valence-corrected chi connectivity index (χ4v) is 4.01. The number of aliphatic hydroxyl groups is 1. The molecular weight excluding hydrogens is 342 g/mol. The molecule has 1 amide bonds. The lowest BCUT2D eigenvalue weighted by Crippen LogP contribution is -2.44. The average Bonchev–Trinajstić information content (AvgIpc) is 3.06. The first-order valence-electron chi connectivity index (χ1n) is 9.39. The lowest BCUT2D eigenvalue weighted by molar-refractivity contribution is -0.124. The number of aliphatic hydroxyl groups excluding tert-OH is 1. The van der Waals surface area contributed by atoms with E-state index in [1.807, 2.05) is 18.2 Å². The molecule has 2 N–H and O–H groups in total. The van der Waals surface area contributed by atoms with Crippen LogP contribution < -0.4 is 10.1 Å². The smallest absolute Gasteiger partial charge is 0.234 e. The number of nitrogens with one attached hydrogen (secondary N) is 1. The van der Waals surface area contributed by atoms with Crippen molar-refractivity contribution in [1.82, 2.24) is 15.2 Å². The van der Waals surface area contributed by atoms with Gasteiger partial charge >= 0.3 is 0 Å².